The molecule has 1 fully saturated rings. The molecule has 0 spiro atoms. The minimum absolute atomic E-state index is 0. The average Bonchev–Trinajstić information content (AvgIpc) is 2.34. The largest absolute Gasteiger partial charge is 0.395 e. The number of aliphatic hydroxyl groups excluding tert-OH is 1. The lowest BCUT2D eigenvalue weighted by molar-refractivity contribution is 0.301. The molecule has 0 aromatic rings. The SMILES string of the molecule is C.C.OCC1CSC(CS)S1. The lowest BCUT2D eigenvalue weighted by atomic mass is 10.5. The van der Waals surface area contributed by atoms with Crippen LogP contribution in [0.5, 0.6) is 0 Å². The molecule has 1 rings (SSSR count). The van der Waals surface area contributed by atoms with Gasteiger partial charge in [0.05, 0.1) is 11.2 Å². The van der Waals surface area contributed by atoms with E-state index in [4.69, 9.17) is 5.11 Å². The van der Waals surface area contributed by atoms with Gasteiger partial charge < -0.3 is 5.11 Å². The Bertz CT molecular complexity index is 79.8. The molecule has 1 nitrogen and oxygen atoms in total. The van der Waals surface area contributed by atoms with Crippen molar-refractivity contribution < 1.29 is 5.11 Å². The van der Waals surface area contributed by atoms with Crippen molar-refractivity contribution in [2.45, 2.75) is 24.7 Å². The van der Waals surface area contributed by atoms with Gasteiger partial charge in [0, 0.05) is 16.8 Å². The van der Waals surface area contributed by atoms with Crippen LogP contribution in [0, 0.1) is 0 Å². The first-order valence-electron chi connectivity index (χ1n) is 2.85. The first kappa shape index (κ1) is 14.5. The summed E-state index contributed by atoms with van der Waals surface area (Å²) in [6, 6.07) is 0. The van der Waals surface area contributed by atoms with Crippen LogP contribution in [0.3, 0.4) is 0 Å². The molecule has 0 aromatic carbocycles. The van der Waals surface area contributed by atoms with Crippen LogP contribution in [0.4, 0.5) is 0 Å². The van der Waals surface area contributed by atoms with Crippen molar-refractivity contribution >= 4 is 36.2 Å². The fourth-order valence-corrected chi connectivity index (χ4v) is 4.09. The van der Waals surface area contributed by atoms with Gasteiger partial charge in [0.25, 0.3) is 0 Å². The Morgan fingerprint density at radius 1 is 1.45 bits per heavy atom. The summed E-state index contributed by atoms with van der Waals surface area (Å²) in [5.74, 6) is 2.01. The third-order valence-electron chi connectivity index (χ3n) is 1.16. The van der Waals surface area contributed by atoms with E-state index in [9.17, 15) is 0 Å². The predicted octanol–water partition coefficient (Wildman–Crippen LogP) is 2.36. The predicted molar refractivity (Wildman–Crippen MR) is 62.0 cm³/mol. The van der Waals surface area contributed by atoms with Crippen LogP contribution in [-0.2, 0) is 0 Å². The van der Waals surface area contributed by atoms with Gasteiger partial charge in [-0.3, -0.25) is 0 Å². The minimum atomic E-state index is 0. The number of hydrogen-bond acceptors (Lipinski definition) is 4. The van der Waals surface area contributed by atoms with E-state index < -0.39 is 0 Å². The molecule has 0 bridgehead atoms. The van der Waals surface area contributed by atoms with E-state index in [1.807, 2.05) is 23.5 Å². The van der Waals surface area contributed by atoms with Crippen molar-refractivity contribution in [3.8, 4) is 0 Å². The Morgan fingerprint density at radius 2 is 2.09 bits per heavy atom. The summed E-state index contributed by atoms with van der Waals surface area (Å²) in [6.45, 7) is 0.321. The fraction of sp³-hybridized carbons (Fsp3) is 1.00. The molecule has 11 heavy (non-hydrogen) atoms. The molecule has 2 atom stereocenters. The Hall–Kier alpha value is 1.01. The van der Waals surface area contributed by atoms with E-state index in [0.29, 0.717) is 16.4 Å². The molecule has 0 saturated carbocycles. The van der Waals surface area contributed by atoms with Crippen LogP contribution < -0.4 is 0 Å². The van der Waals surface area contributed by atoms with E-state index in [0.717, 1.165) is 11.5 Å². The summed E-state index contributed by atoms with van der Waals surface area (Å²) in [7, 11) is 0. The second-order valence-corrected chi connectivity index (χ2v) is 5.29. The van der Waals surface area contributed by atoms with E-state index in [1.165, 1.54) is 0 Å². The fourth-order valence-electron chi connectivity index (χ4n) is 0.699. The highest BCUT2D eigenvalue weighted by Gasteiger charge is 2.23. The summed E-state index contributed by atoms with van der Waals surface area (Å²) in [5.41, 5.74) is 0. The van der Waals surface area contributed by atoms with Crippen molar-refractivity contribution in [3.63, 3.8) is 0 Å². The molecule has 70 valence electrons. The molecule has 1 aliphatic rings. The van der Waals surface area contributed by atoms with Crippen LogP contribution in [0.2, 0.25) is 0 Å². The molecule has 0 radical (unpaired) electrons. The van der Waals surface area contributed by atoms with E-state index in [1.54, 1.807) is 0 Å². The smallest absolute Gasteiger partial charge is 0.0594 e. The summed E-state index contributed by atoms with van der Waals surface area (Å²) in [6.07, 6.45) is 0. The third-order valence-corrected chi connectivity index (χ3v) is 5.28. The molecular weight excluding hydrogens is 196 g/mol. The monoisotopic (exact) mass is 214 g/mol. The molecule has 1 heterocycles. The summed E-state index contributed by atoms with van der Waals surface area (Å²) < 4.78 is 0.616. The van der Waals surface area contributed by atoms with Crippen LogP contribution in [-0.4, -0.2) is 33.1 Å². The standard InChI is InChI=1S/C5H10OS3.2CH4/c6-1-4-3-8-5(2-7)9-4;;/h4-7H,1-3H2;2*1H4. The Balaban J connectivity index is 0. The highest BCUT2D eigenvalue weighted by Crippen LogP contribution is 2.37. The Morgan fingerprint density at radius 3 is 2.36 bits per heavy atom. The zero-order valence-electron chi connectivity index (χ0n) is 4.99. The number of rotatable bonds is 2. The van der Waals surface area contributed by atoms with E-state index >= 15 is 0 Å². The van der Waals surface area contributed by atoms with Crippen LogP contribution in [0.1, 0.15) is 14.9 Å². The summed E-state index contributed by atoms with van der Waals surface area (Å²) in [4.78, 5) is 0. The van der Waals surface area contributed by atoms with Gasteiger partial charge in [-0.1, -0.05) is 14.9 Å². The van der Waals surface area contributed by atoms with Crippen molar-refractivity contribution in [1.82, 2.24) is 0 Å². The van der Waals surface area contributed by atoms with Crippen molar-refractivity contribution in [2.75, 3.05) is 18.1 Å². The second-order valence-electron chi connectivity index (χ2n) is 1.89. The average molecular weight is 214 g/mol. The van der Waals surface area contributed by atoms with Gasteiger partial charge in [-0.05, 0) is 0 Å². The van der Waals surface area contributed by atoms with Crippen molar-refractivity contribution in [3.05, 3.63) is 0 Å². The van der Waals surface area contributed by atoms with Crippen LogP contribution in [0.25, 0.3) is 0 Å². The maximum atomic E-state index is 8.72. The van der Waals surface area contributed by atoms with Gasteiger partial charge in [-0.2, -0.15) is 12.6 Å². The van der Waals surface area contributed by atoms with Gasteiger partial charge >= 0.3 is 0 Å². The summed E-state index contributed by atoms with van der Waals surface area (Å²) >= 11 is 7.92. The van der Waals surface area contributed by atoms with Crippen molar-refractivity contribution in [1.29, 1.82) is 0 Å². The normalized spacial score (nSPS) is 28.9. The number of aliphatic hydroxyl groups is 1. The number of thioether (sulfide) groups is 2. The quantitative estimate of drug-likeness (QED) is 0.689. The molecule has 0 amide bonds. The molecule has 1 aliphatic heterocycles. The van der Waals surface area contributed by atoms with Gasteiger partial charge in [0.1, 0.15) is 0 Å². The van der Waals surface area contributed by atoms with Gasteiger partial charge in [-0.25, -0.2) is 0 Å². The molecule has 1 saturated heterocycles. The molecule has 4 heteroatoms. The highest BCUT2D eigenvalue weighted by atomic mass is 32.2. The van der Waals surface area contributed by atoms with Crippen LogP contribution >= 0.6 is 36.2 Å². The number of thiol groups is 1. The second kappa shape index (κ2) is 7.65. The Kier molecular flexibility index (Phi) is 10.1. The molecule has 2 unspecified atom stereocenters. The number of hydrogen-bond donors (Lipinski definition) is 2. The lowest BCUT2D eigenvalue weighted by Crippen LogP contribution is -2.06. The molecular formula is C7H18OS3. The van der Waals surface area contributed by atoms with Gasteiger partial charge in [0.15, 0.2) is 0 Å². The highest BCUT2D eigenvalue weighted by molar-refractivity contribution is 8.21. The maximum Gasteiger partial charge on any atom is 0.0594 e. The lowest BCUT2D eigenvalue weighted by Gasteiger charge is -2.02. The van der Waals surface area contributed by atoms with E-state index in [-0.39, 0.29) is 14.9 Å². The molecule has 1 N–H and O–H groups in total. The zero-order valence-corrected chi connectivity index (χ0v) is 7.51. The zero-order chi connectivity index (χ0) is 6.69. The Labute approximate surface area is 84.1 Å². The van der Waals surface area contributed by atoms with Gasteiger partial charge in [0.2, 0.25) is 0 Å². The van der Waals surface area contributed by atoms with Gasteiger partial charge in [-0.15, -0.1) is 23.5 Å². The summed E-state index contributed by atoms with van der Waals surface area (Å²) in [5, 5.41) is 9.19. The van der Waals surface area contributed by atoms with Crippen LogP contribution in [0.15, 0.2) is 0 Å². The molecule has 0 aromatic heterocycles. The third kappa shape index (κ3) is 4.55. The minimum Gasteiger partial charge on any atom is -0.395 e. The molecule has 0 aliphatic carbocycles. The topological polar surface area (TPSA) is 20.2 Å². The van der Waals surface area contributed by atoms with Crippen molar-refractivity contribution in [2.24, 2.45) is 0 Å². The maximum absolute atomic E-state index is 8.72. The first-order valence-corrected chi connectivity index (χ1v) is 5.48. The first-order chi connectivity index (χ1) is 4.36. The van der Waals surface area contributed by atoms with E-state index in [2.05, 4.69) is 12.6 Å².